The SMILES string of the molecule is CCCCC(OB1OC(C)(C)C(C)(C)O1)B1OC(C)(C)C(C)(C)O1. The van der Waals surface area contributed by atoms with Gasteiger partial charge < -0.3 is 23.3 Å². The Morgan fingerprint density at radius 1 is 0.750 bits per heavy atom. The molecule has 0 amide bonds. The van der Waals surface area contributed by atoms with Crippen LogP contribution in [0.1, 0.15) is 81.6 Å². The van der Waals surface area contributed by atoms with Gasteiger partial charge >= 0.3 is 14.4 Å². The molecule has 1 unspecified atom stereocenters. The second-order valence-corrected chi connectivity index (χ2v) is 8.99. The summed E-state index contributed by atoms with van der Waals surface area (Å²) in [5.74, 6) is 0. The van der Waals surface area contributed by atoms with E-state index in [1.807, 2.05) is 27.7 Å². The van der Waals surface area contributed by atoms with E-state index in [0.29, 0.717) is 0 Å². The van der Waals surface area contributed by atoms with Crippen molar-refractivity contribution in [2.24, 2.45) is 0 Å². The highest BCUT2D eigenvalue weighted by Crippen LogP contribution is 2.41. The first-order chi connectivity index (χ1) is 10.8. The molecule has 0 saturated carbocycles. The minimum absolute atomic E-state index is 0.222. The summed E-state index contributed by atoms with van der Waals surface area (Å²) in [5.41, 5.74) is -1.57. The molecular weight excluding hydrogens is 306 g/mol. The molecule has 2 fully saturated rings. The zero-order valence-electron chi connectivity index (χ0n) is 16.9. The van der Waals surface area contributed by atoms with Gasteiger partial charge in [0.25, 0.3) is 0 Å². The Labute approximate surface area is 148 Å². The zero-order chi connectivity index (χ0) is 18.4. The van der Waals surface area contributed by atoms with Gasteiger partial charge in [0.2, 0.25) is 0 Å². The van der Waals surface area contributed by atoms with Crippen molar-refractivity contribution in [2.45, 2.75) is 110 Å². The van der Waals surface area contributed by atoms with Crippen LogP contribution in [-0.2, 0) is 23.3 Å². The third-order valence-corrected chi connectivity index (χ3v) is 5.93. The standard InChI is InChI=1S/C17H34B2O5/c1-10-11-12-13(18-21-14(2,3)15(4,5)22-18)20-19-23-16(6,7)17(8,9)24-19/h13H,10-12H2,1-9H3. The Morgan fingerprint density at radius 3 is 1.58 bits per heavy atom. The lowest BCUT2D eigenvalue weighted by molar-refractivity contribution is 0.00578. The summed E-state index contributed by atoms with van der Waals surface area (Å²) < 4.78 is 30.5. The first-order valence-electron chi connectivity index (χ1n) is 9.18. The molecule has 0 N–H and O–H groups in total. The number of hydrogen-bond acceptors (Lipinski definition) is 5. The highest BCUT2D eigenvalue weighted by Gasteiger charge is 2.58. The maximum absolute atomic E-state index is 6.18. The van der Waals surface area contributed by atoms with Gasteiger partial charge in [-0.15, -0.1) is 0 Å². The van der Waals surface area contributed by atoms with E-state index >= 15 is 0 Å². The summed E-state index contributed by atoms with van der Waals surface area (Å²) in [6.45, 7) is 18.5. The topological polar surface area (TPSA) is 46.2 Å². The van der Waals surface area contributed by atoms with Crippen LogP contribution in [0, 0.1) is 0 Å². The van der Waals surface area contributed by atoms with Crippen LogP contribution in [0.5, 0.6) is 0 Å². The molecule has 0 aliphatic carbocycles. The molecule has 2 saturated heterocycles. The van der Waals surface area contributed by atoms with E-state index in [4.69, 9.17) is 23.3 Å². The van der Waals surface area contributed by atoms with Crippen molar-refractivity contribution < 1.29 is 23.3 Å². The van der Waals surface area contributed by atoms with E-state index in [2.05, 4.69) is 34.6 Å². The van der Waals surface area contributed by atoms with Gasteiger partial charge in [-0.25, -0.2) is 0 Å². The quantitative estimate of drug-likeness (QED) is 0.689. The smallest absolute Gasteiger partial charge is 0.402 e. The Bertz CT molecular complexity index is 418. The van der Waals surface area contributed by atoms with Gasteiger partial charge in [-0.3, -0.25) is 0 Å². The van der Waals surface area contributed by atoms with E-state index in [9.17, 15) is 0 Å². The predicted octanol–water partition coefficient (Wildman–Crippen LogP) is 3.78. The lowest BCUT2D eigenvalue weighted by atomic mass is 9.77. The van der Waals surface area contributed by atoms with Gasteiger partial charge in [0.1, 0.15) is 0 Å². The number of unbranched alkanes of at least 4 members (excludes halogenated alkanes) is 1. The zero-order valence-corrected chi connectivity index (χ0v) is 16.9. The molecule has 0 aromatic rings. The summed E-state index contributed by atoms with van der Waals surface area (Å²) in [6.07, 6.45) is 2.97. The fourth-order valence-electron chi connectivity index (χ4n) is 2.70. The van der Waals surface area contributed by atoms with Crippen LogP contribution in [-0.4, -0.2) is 42.8 Å². The summed E-state index contributed by atoms with van der Waals surface area (Å²) in [5, 5.41) is 0. The summed E-state index contributed by atoms with van der Waals surface area (Å²) in [4.78, 5) is 0. The molecule has 2 aliphatic rings. The van der Waals surface area contributed by atoms with E-state index < -0.39 is 25.6 Å². The molecule has 0 radical (unpaired) electrons. The van der Waals surface area contributed by atoms with Crippen LogP contribution in [0.15, 0.2) is 0 Å². The summed E-state index contributed by atoms with van der Waals surface area (Å²) >= 11 is 0. The molecule has 5 nitrogen and oxygen atoms in total. The monoisotopic (exact) mass is 340 g/mol. The minimum atomic E-state index is -0.698. The van der Waals surface area contributed by atoms with Crippen LogP contribution in [0.2, 0.25) is 0 Å². The van der Waals surface area contributed by atoms with Gasteiger partial charge in [0.15, 0.2) is 0 Å². The van der Waals surface area contributed by atoms with Crippen molar-refractivity contribution in [1.29, 1.82) is 0 Å². The van der Waals surface area contributed by atoms with Crippen molar-refractivity contribution in [1.82, 2.24) is 0 Å². The van der Waals surface area contributed by atoms with Crippen LogP contribution in [0.4, 0.5) is 0 Å². The van der Waals surface area contributed by atoms with E-state index in [1.54, 1.807) is 0 Å². The second kappa shape index (κ2) is 6.58. The number of rotatable bonds is 6. The van der Waals surface area contributed by atoms with Crippen LogP contribution in [0.25, 0.3) is 0 Å². The Hall–Kier alpha value is -0.0701. The molecule has 2 aliphatic heterocycles. The predicted molar refractivity (Wildman–Crippen MR) is 96.6 cm³/mol. The van der Waals surface area contributed by atoms with Gasteiger partial charge in [-0.05, 0) is 61.8 Å². The molecule has 1 atom stereocenters. The average Bonchev–Trinajstić information content (AvgIpc) is 2.73. The molecule has 0 bridgehead atoms. The molecule has 2 rings (SSSR count). The third kappa shape index (κ3) is 3.85. The highest BCUT2D eigenvalue weighted by molar-refractivity contribution is 6.49. The average molecular weight is 340 g/mol. The normalized spacial score (nSPS) is 28.4. The molecule has 2 heterocycles. The lowest BCUT2D eigenvalue weighted by Crippen LogP contribution is -2.42. The van der Waals surface area contributed by atoms with Crippen molar-refractivity contribution in [3.05, 3.63) is 0 Å². The Balaban J connectivity index is 2.08. The molecule has 7 heteroatoms. The molecule has 0 aromatic heterocycles. The molecule has 0 spiro atoms. The first-order valence-corrected chi connectivity index (χ1v) is 9.18. The maximum Gasteiger partial charge on any atom is 0.640 e. The fourth-order valence-corrected chi connectivity index (χ4v) is 2.70. The molecule has 138 valence electrons. The van der Waals surface area contributed by atoms with Crippen molar-refractivity contribution in [3.8, 4) is 0 Å². The number of hydrogen-bond donors (Lipinski definition) is 0. The molecule has 24 heavy (non-hydrogen) atoms. The van der Waals surface area contributed by atoms with Crippen LogP contribution < -0.4 is 0 Å². The fraction of sp³-hybridized carbons (Fsp3) is 1.00. The third-order valence-electron chi connectivity index (χ3n) is 5.93. The Morgan fingerprint density at radius 2 is 1.17 bits per heavy atom. The van der Waals surface area contributed by atoms with Crippen LogP contribution in [0.3, 0.4) is 0 Å². The molecule has 0 aromatic carbocycles. The first kappa shape index (κ1) is 20.2. The lowest BCUT2D eigenvalue weighted by Gasteiger charge is -2.32. The minimum Gasteiger partial charge on any atom is -0.402 e. The second-order valence-electron chi connectivity index (χ2n) is 8.99. The van der Waals surface area contributed by atoms with Gasteiger partial charge in [0, 0.05) is 0 Å². The van der Waals surface area contributed by atoms with Crippen molar-refractivity contribution >= 4 is 14.4 Å². The van der Waals surface area contributed by atoms with E-state index in [1.165, 1.54) is 0 Å². The molecular formula is C17H34B2O5. The largest absolute Gasteiger partial charge is 0.640 e. The van der Waals surface area contributed by atoms with Gasteiger partial charge in [-0.2, -0.15) is 0 Å². The Kier molecular flexibility index (Phi) is 5.55. The summed E-state index contributed by atoms with van der Waals surface area (Å²) in [7, 11) is -1.11. The van der Waals surface area contributed by atoms with Crippen molar-refractivity contribution in [3.63, 3.8) is 0 Å². The van der Waals surface area contributed by atoms with Crippen molar-refractivity contribution in [2.75, 3.05) is 0 Å². The van der Waals surface area contributed by atoms with E-state index in [-0.39, 0.29) is 17.2 Å². The maximum atomic E-state index is 6.18. The van der Waals surface area contributed by atoms with E-state index in [0.717, 1.165) is 19.3 Å². The van der Waals surface area contributed by atoms with Crippen LogP contribution >= 0.6 is 0 Å². The summed E-state index contributed by atoms with van der Waals surface area (Å²) in [6, 6.07) is -0.222. The van der Waals surface area contributed by atoms with Gasteiger partial charge in [-0.1, -0.05) is 19.8 Å². The highest BCUT2D eigenvalue weighted by atomic mass is 16.8. The van der Waals surface area contributed by atoms with Gasteiger partial charge in [0.05, 0.1) is 28.4 Å².